The second kappa shape index (κ2) is 6.09. The van der Waals surface area contributed by atoms with Gasteiger partial charge in [-0.15, -0.1) is 0 Å². The molecule has 3 aromatic rings. The van der Waals surface area contributed by atoms with Gasteiger partial charge < -0.3 is 23.7 Å². The molecular weight excluding hydrogens is 356 g/mol. The van der Waals surface area contributed by atoms with Crippen LogP contribution in [0.25, 0.3) is 0 Å². The van der Waals surface area contributed by atoms with Crippen LogP contribution in [0.4, 0.5) is 0 Å². The molecule has 0 bridgehead atoms. The molecule has 0 saturated heterocycles. The fraction of sp³-hybridized carbons (Fsp3) is 0.174. The molecule has 3 atom stereocenters. The van der Waals surface area contributed by atoms with Crippen molar-refractivity contribution in [1.82, 2.24) is 0 Å². The van der Waals surface area contributed by atoms with Gasteiger partial charge in [0, 0.05) is 5.56 Å². The summed E-state index contributed by atoms with van der Waals surface area (Å²) < 4.78 is 30.3. The lowest BCUT2D eigenvalue weighted by Gasteiger charge is -2.32. The van der Waals surface area contributed by atoms with E-state index >= 15 is 0 Å². The highest BCUT2D eigenvalue weighted by Crippen LogP contribution is 2.48. The number of hydrogen-bond donors (Lipinski definition) is 0. The number of benzene rings is 3. The smallest absolute Gasteiger partial charge is 0.252 e. The maximum atomic E-state index is 6.26. The molecule has 0 aliphatic carbocycles. The fourth-order valence-corrected chi connectivity index (χ4v) is 3.93. The van der Waals surface area contributed by atoms with Gasteiger partial charge in [0.2, 0.25) is 6.61 Å². The minimum absolute atomic E-state index is 0.199. The van der Waals surface area contributed by atoms with Crippen LogP contribution < -0.4 is 23.7 Å². The fourth-order valence-electron chi connectivity index (χ4n) is 3.93. The molecule has 3 unspecified atom stereocenters. The van der Waals surface area contributed by atoms with Gasteiger partial charge in [-0.1, -0.05) is 42.5 Å². The first-order valence-electron chi connectivity index (χ1n) is 9.23. The van der Waals surface area contributed by atoms with Gasteiger partial charge in [0.05, 0.1) is 0 Å². The van der Waals surface area contributed by atoms with Gasteiger partial charge in [0.1, 0.15) is 11.7 Å². The summed E-state index contributed by atoms with van der Waals surface area (Å²) in [7, 11) is 0. The number of fused-ring (bicyclic) bond motifs is 3. The molecule has 0 aromatic heterocycles. The van der Waals surface area contributed by atoms with Gasteiger partial charge in [-0.2, -0.15) is 0 Å². The second-order valence-electron chi connectivity index (χ2n) is 6.90. The van der Waals surface area contributed by atoms with E-state index in [1.165, 1.54) is 0 Å². The third kappa shape index (κ3) is 2.39. The Labute approximate surface area is 162 Å². The van der Waals surface area contributed by atoms with E-state index < -0.39 is 18.5 Å². The normalized spacial score (nSPS) is 24.5. The van der Waals surface area contributed by atoms with E-state index in [1.807, 2.05) is 72.8 Å². The first kappa shape index (κ1) is 15.7. The SMILES string of the molecule is [C]1Oc2ccccc2OC1C1Oc2ccccc2C1C1Oc2ccccc2O1. The van der Waals surface area contributed by atoms with Crippen LogP contribution in [0, 0.1) is 6.61 Å². The summed E-state index contributed by atoms with van der Waals surface area (Å²) in [6.45, 7) is 2.97. The van der Waals surface area contributed by atoms with Crippen molar-refractivity contribution >= 4 is 0 Å². The maximum Gasteiger partial charge on any atom is 0.252 e. The van der Waals surface area contributed by atoms with Crippen LogP contribution in [0.15, 0.2) is 72.8 Å². The molecule has 28 heavy (non-hydrogen) atoms. The Hall–Kier alpha value is -3.34. The lowest BCUT2D eigenvalue weighted by Crippen LogP contribution is -2.46. The third-order valence-electron chi connectivity index (χ3n) is 5.21. The topological polar surface area (TPSA) is 46.2 Å². The Morgan fingerprint density at radius 2 is 1.14 bits per heavy atom. The molecule has 0 N–H and O–H groups in total. The summed E-state index contributed by atoms with van der Waals surface area (Å²) in [5, 5.41) is 0. The van der Waals surface area contributed by atoms with Crippen molar-refractivity contribution < 1.29 is 23.7 Å². The van der Waals surface area contributed by atoms with E-state index in [2.05, 4.69) is 6.61 Å². The van der Waals surface area contributed by atoms with Crippen molar-refractivity contribution in [1.29, 1.82) is 0 Å². The van der Waals surface area contributed by atoms with Crippen LogP contribution in [0.2, 0.25) is 0 Å². The van der Waals surface area contributed by atoms with Crippen LogP contribution in [-0.2, 0) is 0 Å². The molecule has 0 saturated carbocycles. The van der Waals surface area contributed by atoms with Gasteiger partial charge in [0.25, 0.3) is 6.29 Å². The summed E-state index contributed by atoms with van der Waals surface area (Å²) in [5.74, 6) is 3.37. The first-order chi connectivity index (χ1) is 13.9. The molecule has 138 valence electrons. The van der Waals surface area contributed by atoms with E-state index in [0.29, 0.717) is 11.5 Å². The summed E-state index contributed by atoms with van der Waals surface area (Å²) in [6.07, 6.45) is -1.44. The molecule has 5 heteroatoms. The second-order valence-corrected chi connectivity index (χ2v) is 6.90. The molecule has 0 amide bonds. The van der Waals surface area contributed by atoms with E-state index in [-0.39, 0.29) is 5.92 Å². The zero-order chi connectivity index (χ0) is 18.5. The van der Waals surface area contributed by atoms with Crippen molar-refractivity contribution in [2.45, 2.75) is 24.4 Å². The highest BCUT2D eigenvalue weighted by Gasteiger charge is 2.50. The molecule has 3 aliphatic heterocycles. The minimum atomic E-state index is -0.525. The molecule has 3 aliphatic rings. The summed E-state index contributed by atoms with van der Waals surface area (Å²) in [6, 6.07) is 23.1. The molecule has 5 nitrogen and oxygen atoms in total. The molecule has 0 fully saturated rings. The lowest BCUT2D eigenvalue weighted by molar-refractivity contribution is -0.0389. The summed E-state index contributed by atoms with van der Waals surface area (Å²) >= 11 is 0. The zero-order valence-electron chi connectivity index (χ0n) is 14.8. The molecule has 0 spiro atoms. The van der Waals surface area contributed by atoms with Crippen molar-refractivity contribution in [2.75, 3.05) is 0 Å². The van der Waals surface area contributed by atoms with E-state index in [0.717, 1.165) is 22.8 Å². The van der Waals surface area contributed by atoms with Gasteiger partial charge >= 0.3 is 0 Å². The predicted molar refractivity (Wildman–Crippen MR) is 99.8 cm³/mol. The molecular formula is C23H16O5. The third-order valence-corrected chi connectivity index (χ3v) is 5.21. The van der Waals surface area contributed by atoms with E-state index in [4.69, 9.17) is 23.7 Å². The van der Waals surface area contributed by atoms with Crippen LogP contribution in [0.3, 0.4) is 0 Å². The Morgan fingerprint density at radius 3 is 1.86 bits per heavy atom. The average molecular weight is 372 g/mol. The summed E-state index contributed by atoms with van der Waals surface area (Å²) in [4.78, 5) is 0. The Kier molecular flexibility index (Phi) is 3.41. The van der Waals surface area contributed by atoms with E-state index in [1.54, 1.807) is 0 Å². The predicted octanol–water partition coefficient (Wildman–Crippen LogP) is 4.21. The monoisotopic (exact) mass is 372 g/mol. The highest BCUT2D eigenvalue weighted by atomic mass is 16.7. The quantitative estimate of drug-likeness (QED) is 0.674. The van der Waals surface area contributed by atoms with Crippen molar-refractivity contribution in [3.8, 4) is 28.7 Å². The Morgan fingerprint density at radius 1 is 0.571 bits per heavy atom. The van der Waals surface area contributed by atoms with Crippen molar-refractivity contribution in [3.05, 3.63) is 85.0 Å². The minimum Gasteiger partial charge on any atom is -0.485 e. The standard InChI is InChI=1S/C23H16O5/c1-2-8-15-14(7-1)21(23-27-18-11-5-6-12-19(18)28-23)22(26-15)20-13-24-16-9-3-4-10-17(16)25-20/h1-12,20-23H. The highest BCUT2D eigenvalue weighted by molar-refractivity contribution is 5.47. The van der Waals surface area contributed by atoms with Crippen LogP contribution in [-0.4, -0.2) is 18.5 Å². The van der Waals surface area contributed by atoms with Gasteiger partial charge in [-0.3, -0.25) is 0 Å². The lowest BCUT2D eigenvalue weighted by atomic mass is 9.91. The number of hydrogen-bond acceptors (Lipinski definition) is 5. The Balaban J connectivity index is 1.34. The van der Waals surface area contributed by atoms with Crippen LogP contribution in [0.5, 0.6) is 28.7 Å². The summed E-state index contributed by atoms with van der Waals surface area (Å²) in [5.41, 5.74) is 1.02. The van der Waals surface area contributed by atoms with Crippen molar-refractivity contribution in [3.63, 3.8) is 0 Å². The van der Waals surface area contributed by atoms with Gasteiger partial charge in [-0.25, -0.2) is 0 Å². The largest absolute Gasteiger partial charge is 0.485 e. The molecule has 3 aromatic carbocycles. The zero-order valence-corrected chi connectivity index (χ0v) is 14.8. The van der Waals surface area contributed by atoms with Gasteiger partial charge in [0.15, 0.2) is 35.2 Å². The van der Waals surface area contributed by atoms with Gasteiger partial charge in [-0.05, 0) is 30.3 Å². The number of para-hydroxylation sites is 5. The van der Waals surface area contributed by atoms with E-state index in [9.17, 15) is 0 Å². The maximum absolute atomic E-state index is 6.26. The number of rotatable bonds is 2. The Bertz CT molecular complexity index is 1010. The van der Waals surface area contributed by atoms with Crippen LogP contribution >= 0.6 is 0 Å². The van der Waals surface area contributed by atoms with Crippen molar-refractivity contribution in [2.24, 2.45) is 0 Å². The molecule has 3 heterocycles. The molecule has 2 radical (unpaired) electrons. The first-order valence-corrected chi connectivity index (χ1v) is 9.23. The number of ether oxygens (including phenoxy) is 5. The average Bonchev–Trinajstić information content (AvgIpc) is 3.34. The van der Waals surface area contributed by atoms with Crippen LogP contribution in [0.1, 0.15) is 11.5 Å². The molecule has 6 rings (SSSR count).